The van der Waals surface area contributed by atoms with E-state index in [1.807, 2.05) is 37.9 Å². The Kier molecular flexibility index (Phi) is 4.24. The minimum Gasteiger partial charge on any atom is -0.382 e. The third-order valence-electron chi connectivity index (χ3n) is 4.42. The number of pyridine rings is 1. The van der Waals surface area contributed by atoms with Gasteiger partial charge in [-0.25, -0.2) is 9.67 Å². The lowest BCUT2D eigenvalue weighted by Crippen LogP contribution is -2.47. The quantitative estimate of drug-likeness (QED) is 0.926. The van der Waals surface area contributed by atoms with Crippen LogP contribution in [0.3, 0.4) is 0 Å². The summed E-state index contributed by atoms with van der Waals surface area (Å²) in [6.45, 7) is 7.05. The van der Waals surface area contributed by atoms with E-state index < -0.39 is 5.60 Å². The van der Waals surface area contributed by atoms with Crippen molar-refractivity contribution in [3.8, 4) is 6.07 Å². The fourth-order valence-corrected chi connectivity index (χ4v) is 3.04. The molecule has 0 amide bonds. The van der Waals surface area contributed by atoms with Gasteiger partial charge in [0.25, 0.3) is 0 Å². The van der Waals surface area contributed by atoms with Gasteiger partial charge in [0, 0.05) is 18.3 Å². The Morgan fingerprint density at radius 3 is 2.83 bits per heavy atom. The summed E-state index contributed by atoms with van der Waals surface area (Å²) in [7, 11) is 0. The van der Waals surface area contributed by atoms with Gasteiger partial charge in [-0.05, 0) is 45.7 Å². The fraction of sp³-hybridized carbons (Fsp3) is 0.529. The maximum Gasteiger partial charge on any atom is 0.146 e. The second-order valence-corrected chi connectivity index (χ2v) is 6.67. The number of nitriles is 1. The molecule has 2 aromatic rings. The number of anilines is 1. The zero-order valence-corrected chi connectivity index (χ0v) is 14.3. The summed E-state index contributed by atoms with van der Waals surface area (Å²) >= 11 is 0. The highest BCUT2D eigenvalue weighted by Crippen LogP contribution is 2.33. The van der Waals surface area contributed by atoms with E-state index >= 15 is 0 Å². The molecule has 3 rings (SSSR count). The zero-order valence-electron chi connectivity index (χ0n) is 14.3. The normalized spacial score (nSPS) is 21.1. The van der Waals surface area contributed by atoms with Crippen molar-refractivity contribution in [3.63, 3.8) is 0 Å². The van der Waals surface area contributed by atoms with E-state index in [1.54, 1.807) is 10.7 Å². The Bertz CT molecular complexity index is 778. The van der Waals surface area contributed by atoms with Gasteiger partial charge in [-0.2, -0.15) is 5.26 Å². The van der Waals surface area contributed by atoms with Crippen LogP contribution >= 0.6 is 0 Å². The molecule has 2 aromatic heterocycles. The van der Waals surface area contributed by atoms with Gasteiger partial charge in [0.1, 0.15) is 23.2 Å². The highest BCUT2D eigenvalue weighted by atomic mass is 16.3. The lowest BCUT2D eigenvalue weighted by atomic mass is 9.90. The highest BCUT2D eigenvalue weighted by Gasteiger charge is 2.38. The van der Waals surface area contributed by atoms with Crippen molar-refractivity contribution in [2.75, 3.05) is 18.0 Å². The molecule has 1 aliphatic heterocycles. The van der Waals surface area contributed by atoms with Crippen LogP contribution in [0.4, 0.5) is 5.82 Å². The lowest BCUT2D eigenvalue weighted by Gasteiger charge is -2.39. The summed E-state index contributed by atoms with van der Waals surface area (Å²) in [6, 6.07) is 5.99. The molecule has 0 saturated carbocycles. The second-order valence-electron chi connectivity index (χ2n) is 6.67. The predicted octanol–water partition coefficient (Wildman–Crippen LogP) is 1.92. The van der Waals surface area contributed by atoms with Gasteiger partial charge >= 0.3 is 0 Å². The molecule has 7 heteroatoms. The smallest absolute Gasteiger partial charge is 0.146 e. The zero-order chi connectivity index (χ0) is 17.3. The number of nitrogens with zero attached hydrogens (tertiary/aromatic N) is 6. The summed E-state index contributed by atoms with van der Waals surface area (Å²) < 4.78 is 1.75. The molecule has 0 aromatic carbocycles. The maximum absolute atomic E-state index is 11.1. The van der Waals surface area contributed by atoms with Gasteiger partial charge in [0.2, 0.25) is 0 Å². The van der Waals surface area contributed by atoms with Crippen molar-refractivity contribution in [1.29, 1.82) is 5.26 Å². The van der Waals surface area contributed by atoms with E-state index in [-0.39, 0.29) is 6.04 Å². The Balaban J connectivity index is 1.91. The Morgan fingerprint density at radius 2 is 2.17 bits per heavy atom. The molecule has 1 N–H and O–H groups in total. The summed E-state index contributed by atoms with van der Waals surface area (Å²) in [5.74, 6) is 0.631. The molecule has 0 unspecified atom stereocenters. The first-order valence-electron chi connectivity index (χ1n) is 8.20. The van der Waals surface area contributed by atoms with Crippen molar-refractivity contribution >= 4 is 5.82 Å². The van der Waals surface area contributed by atoms with Gasteiger partial charge < -0.3 is 10.0 Å². The van der Waals surface area contributed by atoms with E-state index in [0.717, 1.165) is 18.7 Å². The number of aryl methyl sites for hydroxylation is 1. The first-order valence-corrected chi connectivity index (χ1v) is 8.20. The van der Waals surface area contributed by atoms with Gasteiger partial charge in [-0.15, -0.1) is 5.10 Å². The second kappa shape index (κ2) is 6.21. The molecule has 1 atom stereocenters. The molecule has 126 valence electrons. The van der Waals surface area contributed by atoms with Crippen LogP contribution in [0, 0.1) is 18.3 Å². The number of piperidine rings is 1. The van der Waals surface area contributed by atoms with E-state index in [2.05, 4.69) is 21.4 Å². The standard InChI is InChI=1S/C17H22N6O/c1-12(2)23-10-15(20-21-23)17(24)7-4-8-22(11-17)16-14(9-18)6-5-13(3)19-16/h5-6,10,12,24H,4,7-8,11H2,1-3H3/t17-/m0/s1. The van der Waals surface area contributed by atoms with E-state index in [4.69, 9.17) is 0 Å². The van der Waals surface area contributed by atoms with Crippen molar-refractivity contribution in [2.45, 2.75) is 45.3 Å². The first kappa shape index (κ1) is 16.4. The SMILES string of the molecule is Cc1ccc(C#N)c(N2CCC[C@@](O)(c3cn(C(C)C)nn3)C2)n1. The molecular formula is C17H22N6O. The van der Waals surface area contributed by atoms with Crippen LogP contribution in [0.2, 0.25) is 0 Å². The first-order chi connectivity index (χ1) is 11.4. The van der Waals surface area contributed by atoms with Crippen LogP contribution in [0.25, 0.3) is 0 Å². The Hall–Kier alpha value is -2.46. The van der Waals surface area contributed by atoms with Crippen LogP contribution in [0.15, 0.2) is 18.3 Å². The minimum absolute atomic E-state index is 0.193. The Labute approximate surface area is 141 Å². The van der Waals surface area contributed by atoms with Gasteiger partial charge in [0.05, 0.1) is 18.3 Å². The van der Waals surface area contributed by atoms with Gasteiger partial charge in [-0.1, -0.05) is 5.21 Å². The molecular weight excluding hydrogens is 304 g/mol. The molecule has 0 spiro atoms. The third kappa shape index (κ3) is 2.97. The van der Waals surface area contributed by atoms with Crippen molar-refractivity contribution in [3.05, 3.63) is 35.3 Å². The predicted molar refractivity (Wildman–Crippen MR) is 89.4 cm³/mol. The third-order valence-corrected chi connectivity index (χ3v) is 4.42. The average Bonchev–Trinajstić information content (AvgIpc) is 3.06. The largest absolute Gasteiger partial charge is 0.382 e. The average molecular weight is 326 g/mol. The molecule has 0 aliphatic carbocycles. The van der Waals surface area contributed by atoms with Crippen molar-refractivity contribution < 1.29 is 5.11 Å². The minimum atomic E-state index is -1.08. The molecule has 0 bridgehead atoms. The number of aromatic nitrogens is 4. The summed E-state index contributed by atoms with van der Waals surface area (Å²) in [6.07, 6.45) is 3.22. The van der Waals surface area contributed by atoms with Crippen LogP contribution in [-0.4, -0.2) is 38.2 Å². The molecule has 1 aliphatic rings. The van der Waals surface area contributed by atoms with Crippen LogP contribution in [0.1, 0.15) is 49.7 Å². The van der Waals surface area contributed by atoms with E-state index in [9.17, 15) is 10.4 Å². The molecule has 7 nitrogen and oxygen atoms in total. The maximum atomic E-state index is 11.1. The van der Waals surface area contributed by atoms with E-state index in [1.165, 1.54) is 0 Å². The number of hydrogen-bond donors (Lipinski definition) is 1. The van der Waals surface area contributed by atoms with Crippen LogP contribution in [-0.2, 0) is 5.60 Å². The number of β-amino-alcohol motifs (C(OH)–C–C–N with tert-alkyl or cyclic N) is 1. The number of rotatable bonds is 3. The van der Waals surface area contributed by atoms with Crippen molar-refractivity contribution in [2.24, 2.45) is 0 Å². The number of aliphatic hydroxyl groups is 1. The van der Waals surface area contributed by atoms with Gasteiger partial charge in [0.15, 0.2) is 0 Å². The highest BCUT2D eigenvalue weighted by molar-refractivity contribution is 5.55. The molecule has 1 fully saturated rings. The molecule has 0 radical (unpaired) electrons. The number of hydrogen-bond acceptors (Lipinski definition) is 6. The summed E-state index contributed by atoms with van der Waals surface area (Å²) in [5, 5.41) is 28.8. The monoisotopic (exact) mass is 326 g/mol. The summed E-state index contributed by atoms with van der Waals surface area (Å²) in [4.78, 5) is 6.49. The van der Waals surface area contributed by atoms with E-state index in [0.29, 0.717) is 30.0 Å². The topological polar surface area (TPSA) is 90.9 Å². The fourth-order valence-electron chi connectivity index (χ4n) is 3.04. The van der Waals surface area contributed by atoms with Crippen LogP contribution in [0.5, 0.6) is 0 Å². The van der Waals surface area contributed by atoms with Crippen molar-refractivity contribution in [1.82, 2.24) is 20.0 Å². The van der Waals surface area contributed by atoms with Crippen LogP contribution < -0.4 is 4.90 Å². The molecule has 24 heavy (non-hydrogen) atoms. The summed E-state index contributed by atoms with van der Waals surface area (Å²) in [5.41, 5.74) is 0.871. The lowest BCUT2D eigenvalue weighted by molar-refractivity contribution is 0.0174. The molecule has 3 heterocycles. The molecule has 1 saturated heterocycles. The Morgan fingerprint density at radius 1 is 1.38 bits per heavy atom. The van der Waals surface area contributed by atoms with Gasteiger partial charge in [-0.3, -0.25) is 0 Å².